The van der Waals surface area contributed by atoms with E-state index in [2.05, 4.69) is 21.3 Å². The van der Waals surface area contributed by atoms with Gasteiger partial charge in [-0.25, -0.2) is 9.37 Å². The number of nitrogens with one attached hydrogen (secondary N) is 1. The Bertz CT molecular complexity index is 582. The van der Waals surface area contributed by atoms with Crippen LogP contribution in [0.25, 0.3) is 10.9 Å². The van der Waals surface area contributed by atoms with Crippen molar-refractivity contribution in [3.05, 3.63) is 35.6 Å². The molecule has 0 amide bonds. The molecule has 0 aliphatic carbocycles. The molecule has 0 bridgehead atoms. The van der Waals surface area contributed by atoms with Gasteiger partial charge in [-0.2, -0.15) is 0 Å². The Morgan fingerprint density at radius 2 is 1.95 bits per heavy atom. The van der Waals surface area contributed by atoms with Crippen molar-refractivity contribution < 1.29 is 4.39 Å². The van der Waals surface area contributed by atoms with Crippen LogP contribution >= 0.6 is 12.4 Å². The maximum Gasteiger partial charge on any atom is 0.129 e. The first-order valence-electron chi connectivity index (χ1n) is 6.26. The van der Waals surface area contributed by atoms with Gasteiger partial charge in [0.2, 0.25) is 0 Å². The van der Waals surface area contributed by atoms with E-state index < -0.39 is 0 Å². The van der Waals surface area contributed by atoms with Gasteiger partial charge in [0.1, 0.15) is 11.6 Å². The standard InChI is InChI=1S/C14H16FN3.ClH/c1-10-8-14(18-6-4-16-5-7-18)17-13-9-11(15)2-3-12(10)13;/h2-3,8-9,16H,4-7H2,1H3;1H. The van der Waals surface area contributed by atoms with E-state index >= 15 is 0 Å². The van der Waals surface area contributed by atoms with Crippen LogP contribution in [0.3, 0.4) is 0 Å². The fourth-order valence-electron chi connectivity index (χ4n) is 2.41. The van der Waals surface area contributed by atoms with Gasteiger partial charge in [-0.05, 0) is 30.7 Å². The molecule has 0 spiro atoms. The number of hydrogen-bond acceptors (Lipinski definition) is 3. The molecule has 2 aromatic rings. The van der Waals surface area contributed by atoms with E-state index in [1.165, 1.54) is 12.1 Å². The molecule has 2 heterocycles. The molecule has 19 heavy (non-hydrogen) atoms. The van der Waals surface area contributed by atoms with Gasteiger partial charge in [0.05, 0.1) is 5.52 Å². The largest absolute Gasteiger partial charge is 0.354 e. The van der Waals surface area contributed by atoms with E-state index in [4.69, 9.17) is 0 Å². The third kappa shape index (κ3) is 2.80. The first kappa shape index (κ1) is 14.0. The molecule has 3 nitrogen and oxygen atoms in total. The Kier molecular flexibility index (Phi) is 4.22. The van der Waals surface area contributed by atoms with Gasteiger partial charge >= 0.3 is 0 Å². The average Bonchev–Trinajstić information content (AvgIpc) is 2.39. The molecule has 0 radical (unpaired) electrons. The van der Waals surface area contributed by atoms with Crippen LogP contribution in [-0.4, -0.2) is 31.2 Å². The highest BCUT2D eigenvalue weighted by Crippen LogP contribution is 2.23. The monoisotopic (exact) mass is 281 g/mol. The Hall–Kier alpha value is -1.39. The Morgan fingerprint density at radius 3 is 2.68 bits per heavy atom. The average molecular weight is 282 g/mol. The summed E-state index contributed by atoms with van der Waals surface area (Å²) in [6.45, 7) is 5.90. The minimum Gasteiger partial charge on any atom is -0.354 e. The molecule has 3 rings (SSSR count). The lowest BCUT2D eigenvalue weighted by molar-refractivity contribution is 0.585. The number of fused-ring (bicyclic) bond motifs is 1. The Labute approximate surface area is 118 Å². The number of pyridine rings is 1. The number of nitrogens with zero attached hydrogens (tertiary/aromatic N) is 2. The van der Waals surface area contributed by atoms with E-state index in [-0.39, 0.29) is 18.2 Å². The summed E-state index contributed by atoms with van der Waals surface area (Å²) < 4.78 is 13.3. The molecular weight excluding hydrogens is 265 g/mol. The van der Waals surface area contributed by atoms with Gasteiger partial charge in [0, 0.05) is 37.6 Å². The number of halogens is 2. The molecule has 5 heteroatoms. The third-order valence-corrected chi connectivity index (χ3v) is 3.41. The molecule has 0 unspecified atom stereocenters. The fourth-order valence-corrected chi connectivity index (χ4v) is 2.41. The smallest absolute Gasteiger partial charge is 0.129 e. The number of aromatic nitrogens is 1. The van der Waals surface area contributed by atoms with Crippen LogP contribution in [0.2, 0.25) is 0 Å². The van der Waals surface area contributed by atoms with E-state index in [0.29, 0.717) is 0 Å². The zero-order valence-electron chi connectivity index (χ0n) is 10.8. The molecule has 1 aromatic heterocycles. The van der Waals surface area contributed by atoms with E-state index in [0.717, 1.165) is 48.5 Å². The highest BCUT2D eigenvalue weighted by molar-refractivity contribution is 5.85. The fraction of sp³-hybridized carbons (Fsp3) is 0.357. The minimum absolute atomic E-state index is 0. The van der Waals surface area contributed by atoms with Crippen molar-refractivity contribution in [2.24, 2.45) is 0 Å². The maximum absolute atomic E-state index is 13.3. The van der Waals surface area contributed by atoms with Crippen LogP contribution in [-0.2, 0) is 0 Å². The number of aryl methyl sites for hydroxylation is 1. The van der Waals surface area contributed by atoms with Crippen molar-refractivity contribution in [2.75, 3.05) is 31.1 Å². The number of piperazine rings is 1. The topological polar surface area (TPSA) is 28.2 Å². The highest BCUT2D eigenvalue weighted by atomic mass is 35.5. The highest BCUT2D eigenvalue weighted by Gasteiger charge is 2.13. The van der Waals surface area contributed by atoms with E-state index in [1.807, 2.05) is 6.92 Å². The van der Waals surface area contributed by atoms with Gasteiger partial charge in [0.25, 0.3) is 0 Å². The molecule has 1 fully saturated rings. The lowest BCUT2D eigenvalue weighted by Crippen LogP contribution is -2.43. The quantitative estimate of drug-likeness (QED) is 0.871. The Morgan fingerprint density at radius 1 is 1.21 bits per heavy atom. The molecule has 102 valence electrons. The molecule has 1 N–H and O–H groups in total. The van der Waals surface area contributed by atoms with Crippen LogP contribution in [0, 0.1) is 12.7 Å². The zero-order valence-corrected chi connectivity index (χ0v) is 11.6. The second-order valence-corrected chi connectivity index (χ2v) is 4.70. The maximum atomic E-state index is 13.3. The minimum atomic E-state index is -0.230. The van der Waals surface area contributed by atoms with Crippen molar-refractivity contribution in [1.29, 1.82) is 0 Å². The summed E-state index contributed by atoms with van der Waals surface area (Å²) in [5.74, 6) is 0.721. The van der Waals surface area contributed by atoms with Crippen molar-refractivity contribution in [2.45, 2.75) is 6.92 Å². The molecule has 1 aliphatic rings. The van der Waals surface area contributed by atoms with Crippen LogP contribution in [0.5, 0.6) is 0 Å². The van der Waals surface area contributed by atoms with Crippen molar-refractivity contribution in [3.63, 3.8) is 0 Å². The second kappa shape index (κ2) is 5.72. The first-order valence-corrected chi connectivity index (χ1v) is 6.26. The number of benzene rings is 1. The summed E-state index contributed by atoms with van der Waals surface area (Å²) in [6.07, 6.45) is 0. The predicted molar refractivity (Wildman–Crippen MR) is 78.8 cm³/mol. The van der Waals surface area contributed by atoms with Gasteiger partial charge in [-0.1, -0.05) is 0 Å². The SMILES string of the molecule is Cc1cc(N2CCNCC2)nc2cc(F)ccc12.Cl. The summed E-state index contributed by atoms with van der Waals surface area (Å²) in [5.41, 5.74) is 1.89. The number of rotatable bonds is 1. The van der Waals surface area contributed by atoms with Gasteiger partial charge < -0.3 is 10.2 Å². The zero-order chi connectivity index (χ0) is 12.5. The summed E-state index contributed by atoms with van der Waals surface area (Å²) in [4.78, 5) is 6.82. The molecule has 1 aliphatic heterocycles. The third-order valence-electron chi connectivity index (χ3n) is 3.41. The molecule has 0 saturated carbocycles. The van der Waals surface area contributed by atoms with Crippen LogP contribution in [0.4, 0.5) is 10.2 Å². The van der Waals surface area contributed by atoms with Crippen molar-refractivity contribution in [1.82, 2.24) is 10.3 Å². The summed E-state index contributed by atoms with van der Waals surface area (Å²) in [6, 6.07) is 6.88. The number of hydrogen-bond donors (Lipinski definition) is 1. The van der Waals surface area contributed by atoms with Crippen molar-refractivity contribution in [3.8, 4) is 0 Å². The number of anilines is 1. The summed E-state index contributed by atoms with van der Waals surface area (Å²) in [5, 5.41) is 4.34. The normalized spacial score (nSPS) is 15.4. The second-order valence-electron chi connectivity index (χ2n) is 4.70. The summed E-state index contributed by atoms with van der Waals surface area (Å²) in [7, 11) is 0. The van der Waals surface area contributed by atoms with Crippen LogP contribution in [0.1, 0.15) is 5.56 Å². The van der Waals surface area contributed by atoms with Gasteiger partial charge in [0.15, 0.2) is 0 Å². The molecule has 0 atom stereocenters. The summed E-state index contributed by atoms with van der Waals surface area (Å²) >= 11 is 0. The molecular formula is C14H17ClFN3. The van der Waals surface area contributed by atoms with Gasteiger partial charge in [-0.3, -0.25) is 0 Å². The predicted octanol–water partition coefficient (Wildman–Crippen LogP) is 2.51. The molecule has 1 aromatic carbocycles. The lowest BCUT2D eigenvalue weighted by Gasteiger charge is -2.28. The van der Waals surface area contributed by atoms with E-state index in [9.17, 15) is 4.39 Å². The van der Waals surface area contributed by atoms with Crippen LogP contribution < -0.4 is 10.2 Å². The molecule has 1 saturated heterocycles. The lowest BCUT2D eigenvalue weighted by atomic mass is 10.1. The van der Waals surface area contributed by atoms with Crippen molar-refractivity contribution >= 4 is 29.1 Å². The first-order chi connectivity index (χ1) is 8.74. The van der Waals surface area contributed by atoms with E-state index in [1.54, 1.807) is 6.07 Å². The van der Waals surface area contributed by atoms with Crippen LogP contribution in [0.15, 0.2) is 24.3 Å². The Balaban J connectivity index is 0.00000133. The van der Waals surface area contributed by atoms with Gasteiger partial charge in [-0.15, -0.1) is 12.4 Å².